The van der Waals surface area contributed by atoms with Crippen LogP contribution in [0.15, 0.2) is 36.5 Å². The van der Waals surface area contributed by atoms with Gasteiger partial charge in [-0.05, 0) is 41.8 Å². The molecule has 0 spiro atoms. The van der Waals surface area contributed by atoms with Crippen molar-refractivity contribution in [3.8, 4) is 5.75 Å². The first-order valence-electron chi connectivity index (χ1n) is 8.29. The Bertz CT molecular complexity index is 944. The predicted molar refractivity (Wildman–Crippen MR) is 98.4 cm³/mol. The number of aliphatic hydroxyl groups is 2. The lowest BCUT2D eigenvalue weighted by Crippen LogP contribution is -2.28. The molecule has 8 heteroatoms. The van der Waals surface area contributed by atoms with Gasteiger partial charge >= 0.3 is 0 Å². The second-order valence-electron chi connectivity index (χ2n) is 6.50. The Labute approximate surface area is 155 Å². The smallest absolute Gasteiger partial charge is 0.226 e. The number of hydrogen-bond acceptors (Lipinski definition) is 6. The van der Waals surface area contributed by atoms with Crippen LogP contribution in [-0.4, -0.2) is 44.1 Å². The van der Waals surface area contributed by atoms with Gasteiger partial charge in [0.2, 0.25) is 5.28 Å². The van der Waals surface area contributed by atoms with Crippen LogP contribution < -0.4 is 10.5 Å². The molecule has 0 bridgehead atoms. The molecule has 2 aromatic heterocycles. The van der Waals surface area contributed by atoms with E-state index in [0.717, 1.165) is 11.3 Å². The fourth-order valence-electron chi connectivity index (χ4n) is 3.76. The van der Waals surface area contributed by atoms with Gasteiger partial charge < -0.3 is 25.3 Å². The van der Waals surface area contributed by atoms with Crippen LogP contribution in [-0.2, 0) is 0 Å². The zero-order chi connectivity index (χ0) is 18.4. The van der Waals surface area contributed by atoms with Crippen LogP contribution in [0.5, 0.6) is 5.75 Å². The van der Waals surface area contributed by atoms with Crippen LogP contribution in [0.25, 0.3) is 11.0 Å². The highest BCUT2D eigenvalue weighted by Crippen LogP contribution is 2.43. The minimum absolute atomic E-state index is 0.0506. The van der Waals surface area contributed by atoms with E-state index >= 15 is 0 Å². The fourth-order valence-corrected chi connectivity index (χ4v) is 3.93. The van der Waals surface area contributed by atoms with Crippen molar-refractivity contribution < 1.29 is 14.9 Å². The molecule has 136 valence electrons. The summed E-state index contributed by atoms with van der Waals surface area (Å²) >= 11 is 5.94. The minimum Gasteiger partial charge on any atom is -0.497 e. The van der Waals surface area contributed by atoms with Gasteiger partial charge in [0, 0.05) is 12.1 Å². The number of benzene rings is 1. The van der Waals surface area contributed by atoms with Crippen molar-refractivity contribution in [1.82, 2.24) is 14.5 Å². The van der Waals surface area contributed by atoms with Crippen molar-refractivity contribution in [3.05, 3.63) is 47.4 Å². The van der Waals surface area contributed by atoms with E-state index in [1.807, 2.05) is 28.8 Å². The molecular weight excluding hydrogens is 356 g/mol. The normalized spacial score (nSPS) is 25.7. The average Bonchev–Trinajstić information content (AvgIpc) is 3.17. The Kier molecular flexibility index (Phi) is 4.22. The topological polar surface area (TPSA) is 106 Å². The largest absolute Gasteiger partial charge is 0.497 e. The summed E-state index contributed by atoms with van der Waals surface area (Å²) in [5, 5.41) is 22.0. The highest BCUT2D eigenvalue weighted by Gasteiger charge is 2.43. The number of nitrogen functional groups attached to an aromatic ring is 1. The first-order chi connectivity index (χ1) is 12.5. The molecule has 1 aliphatic carbocycles. The number of rotatable bonds is 3. The Hall–Kier alpha value is -2.35. The van der Waals surface area contributed by atoms with Gasteiger partial charge in [0.25, 0.3) is 0 Å². The van der Waals surface area contributed by atoms with Crippen molar-refractivity contribution in [2.75, 3.05) is 12.8 Å². The van der Waals surface area contributed by atoms with E-state index in [9.17, 15) is 10.2 Å². The van der Waals surface area contributed by atoms with Crippen LogP contribution in [0.2, 0.25) is 5.28 Å². The number of fused-ring (bicyclic) bond motifs is 1. The molecule has 4 atom stereocenters. The van der Waals surface area contributed by atoms with Gasteiger partial charge in [-0.1, -0.05) is 12.1 Å². The van der Waals surface area contributed by atoms with E-state index in [4.69, 9.17) is 22.1 Å². The predicted octanol–water partition coefficient (Wildman–Crippen LogP) is 2.13. The highest BCUT2D eigenvalue weighted by molar-refractivity contribution is 6.28. The number of anilines is 1. The summed E-state index contributed by atoms with van der Waals surface area (Å²) in [6.45, 7) is 0. The summed E-state index contributed by atoms with van der Waals surface area (Å²) in [7, 11) is 1.61. The molecular formula is C18H19ClN4O3. The molecule has 0 saturated heterocycles. The summed E-state index contributed by atoms with van der Waals surface area (Å²) in [6, 6.07) is 8.96. The molecule has 0 aliphatic heterocycles. The van der Waals surface area contributed by atoms with Gasteiger partial charge in [0.15, 0.2) is 0 Å². The maximum atomic E-state index is 10.7. The van der Waals surface area contributed by atoms with Crippen molar-refractivity contribution in [1.29, 1.82) is 0 Å². The molecule has 7 nitrogen and oxygen atoms in total. The van der Waals surface area contributed by atoms with E-state index in [2.05, 4.69) is 9.97 Å². The van der Waals surface area contributed by atoms with E-state index in [1.165, 1.54) is 0 Å². The SMILES string of the molecule is COc1ccc([C@H]2C[C@@H](n3ccc4c(N)nc(Cl)nc43)[C@H](O)[C@@H]2O)cc1. The molecule has 3 aromatic rings. The second-order valence-corrected chi connectivity index (χ2v) is 6.84. The lowest BCUT2D eigenvalue weighted by molar-refractivity contribution is 0.0179. The summed E-state index contributed by atoms with van der Waals surface area (Å²) in [5.41, 5.74) is 7.40. The number of halogens is 1. The number of aromatic nitrogens is 3. The molecule has 4 rings (SSSR count). The average molecular weight is 375 g/mol. The molecule has 1 saturated carbocycles. The quantitative estimate of drug-likeness (QED) is 0.606. The standard InChI is InChI=1S/C18H19ClN4O3/c1-26-10-4-2-9(3-5-10)12-8-13(15(25)14(12)24)23-7-6-11-16(20)21-18(19)22-17(11)23/h2-7,12-15,24-25H,8H2,1H3,(H2,20,21,22)/t12-,13-,14-,15+/m1/s1. The van der Waals surface area contributed by atoms with Gasteiger partial charge in [-0.15, -0.1) is 0 Å². The monoisotopic (exact) mass is 374 g/mol. The Morgan fingerprint density at radius 2 is 1.88 bits per heavy atom. The Morgan fingerprint density at radius 1 is 1.15 bits per heavy atom. The van der Waals surface area contributed by atoms with E-state index < -0.39 is 12.2 Å². The molecule has 1 fully saturated rings. The Balaban J connectivity index is 1.70. The van der Waals surface area contributed by atoms with Crippen molar-refractivity contribution >= 4 is 28.5 Å². The molecule has 2 heterocycles. The molecule has 1 aliphatic rings. The van der Waals surface area contributed by atoms with Crippen LogP contribution in [0, 0.1) is 0 Å². The van der Waals surface area contributed by atoms with Gasteiger partial charge in [0.05, 0.1) is 24.6 Å². The first kappa shape index (κ1) is 17.1. The van der Waals surface area contributed by atoms with Crippen LogP contribution in [0.1, 0.15) is 23.9 Å². The number of nitrogens with two attached hydrogens (primary N) is 1. The summed E-state index contributed by atoms with van der Waals surface area (Å²) in [4.78, 5) is 8.20. The van der Waals surface area contributed by atoms with Crippen LogP contribution >= 0.6 is 11.6 Å². The van der Waals surface area contributed by atoms with Crippen LogP contribution in [0.4, 0.5) is 5.82 Å². The molecule has 0 unspecified atom stereocenters. The molecule has 0 radical (unpaired) electrons. The highest BCUT2D eigenvalue weighted by atomic mass is 35.5. The minimum atomic E-state index is -0.937. The van der Waals surface area contributed by atoms with Gasteiger partial charge in [-0.3, -0.25) is 0 Å². The number of nitrogens with zero attached hydrogens (tertiary/aromatic N) is 3. The number of ether oxygens (including phenoxy) is 1. The number of methoxy groups -OCH3 is 1. The van der Waals surface area contributed by atoms with Crippen molar-refractivity contribution in [3.63, 3.8) is 0 Å². The van der Waals surface area contributed by atoms with Gasteiger partial charge in [0.1, 0.15) is 23.3 Å². The maximum Gasteiger partial charge on any atom is 0.226 e. The van der Waals surface area contributed by atoms with E-state index in [0.29, 0.717) is 23.3 Å². The number of hydrogen-bond donors (Lipinski definition) is 3. The molecule has 4 N–H and O–H groups in total. The molecule has 26 heavy (non-hydrogen) atoms. The van der Waals surface area contributed by atoms with E-state index in [1.54, 1.807) is 19.4 Å². The number of aliphatic hydroxyl groups excluding tert-OH is 2. The lowest BCUT2D eigenvalue weighted by Gasteiger charge is -2.19. The zero-order valence-electron chi connectivity index (χ0n) is 14.1. The van der Waals surface area contributed by atoms with Crippen molar-refractivity contribution in [2.45, 2.75) is 30.6 Å². The first-order valence-corrected chi connectivity index (χ1v) is 8.67. The van der Waals surface area contributed by atoms with E-state index in [-0.39, 0.29) is 17.2 Å². The fraction of sp³-hybridized carbons (Fsp3) is 0.333. The second kappa shape index (κ2) is 6.42. The lowest BCUT2D eigenvalue weighted by atomic mass is 9.95. The third-order valence-corrected chi connectivity index (χ3v) is 5.30. The summed E-state index contributed by atoms with van der Waals surface area (Å²) in [6.07, 6.45) is 0.524. The third-order valence-electron chi connectivity index (χ3n) is 5.13. The third kappa shape index (κ3) is 2.68. The maximum absolute atomic E-state index is 10.7. The Morgan fingerprint density at radius 3 is 2.58 bits per heavy atom. The summed E-state index contributed by atoms with van der Waals surface area (Å²) < 4.78 is 6.99. The van der Waals surface area contributed by atoms with Crippen LogP contribution in [0.3, 0.4) is 0 Å². The zero-order valence-corrected chi connectivity index (χ0v) is 14.8. The molecule has 0 amide bonds. The van der Waals surface area contributed by atoms with Gasteiger partial charge in [-0.2, -0.15) is 4.98 Å². The molecule has 1 aromatic carbocycles. The summed E-state index contributed by atoms with van der Waals surface area (Å²) in [5.74, 6) is 0.836. The van der Waals surface area contributed by atoms with Gasteiger partial charge in [-0.25, -0.2) is 4.98 Å². The van der Waals surface area contributed by atoms with Crippen molar-refractivity contribution in [2.24, 2.45) is 0 Å².